The second kappa shape index (κ2) is 9.37. The summed E-state index contributed by atoms with van der Waals surface area (Å²) in [6, 6.07) is 16.9. The Morgan fingerprint density at radius 2 is 1.50 bits per heavy atom. The van der Waals surface area contributed by atoms with Gasteiger partial charge in [0.25, 0.3) is 25.6 Å². The SMILES string of the molecule is Cc1ccc(S(=O)(=O)Nn2c(C)cc3ccc(S(=O)(=O)Nc4ccccc4[NH+]([O-])O)cc3c2=O)cc1. The van der Waals surface area contributed by atoms with Crippen LogP contribution in [0.15, 0.2) is 87.4 Å². The number of fused-ring (bicyclic) bond motifs is 1. The summed E-state index contributed by atoms with van der Waals surface area (Å²) in [5, 5.41) is 19.8. The molecule has 1 aromatic heterocycles. The summed E-state index contributed by atoms with van der Waals surface area (Å²) in [5.74, 6) is 0. The fourth-order valence-electron chi connectivity index (χ4n) is 3.55. The fourth-order valence-corrected chi connectivity index (χ4v) is 5.72. The first-order valence-electron chi connectivity index (χ1n) is 10.5. The van der Waals surface area contributed by atoms with Crippen LogP contribution in [0.25, 0.3) is 10.8 Å². The Morgan fingerprint density at radius 1 is 0.861 bits per heavy atom. The number of pyridine rings is 1. The van der Waals surface area contributed by atoms with Crippen LogP contribution in [0.4, 0.5) is 11.4 Å². The highest BCUT2D eigenvalue weighted by Crippen LogP contribution is 2.24. The van der Waals surface area contributed by atoms with Gasteiger partial charge in [0.1, 0.15) is 5.69 Å². The molecular weight excluding hydrogens is 508 g/mol. The van der Waals surface area contributed by atoms with Gasteiger partial charge in [0.15, 0.2) is 5.69 Å². The number of aryl methyl sites for hydroxylation is 2. The number of hydrogen-bond acceptors (Lipinski definition) is 7. The molecule has 0 radical (unpaired) electrons. The van der Waals surface area contributed by atoms with Crippen molar-refractivity contribution in [2.24, 2.45) is 0 Å². The van der Waals surface area contributed by atoms with Gasteiger partial charge in [-0.25, -0.2) is 23.1 Å². The zero-order valence-electron chi connectivity index (χ0n) is 19.1. The van der Waals surface area contributed by atoms with Gasteiger partial charge < -0.3 is 5.21 Å². The lowest BCUT2D eigenvalue weighted by atomic mass is 10.1. The van der Waals surface area contributed by atoms with E-state index in [0.29, 0.717) is 5.39 Å². The molecule has 4 aromatic rings. The van der Waals surface area contributed by atoms with Crippen molar-refractivity contribution in [3.63, 3.8) is 0 Å². The number of rotatable bonds is 7. The molecule has 0 saturated heterocycles. The van der Waals surface area contributed by atoms with Crippen molar-refractivity contribution in [2.45, 2.75) is 23.6 Å². The maximum Gasteiger partial charge on any atom is 0.277 e. The summed E-state index contributed by atoms with van der Waals surface area (Å²) in [7, 11) is -8.39. The van der Waals surface area contributed by atoms with Crippen LogP contribution in [0.3, 0.4) is 0 Å². The Kier molecular flexibility index (Phi) is 6.60. The van der Waals surface area contributed by atoms with Gasteiger partial charge in [0, 0.05) is 11.8 Å². The van der Waals surface area contributed by atoms with Crippen LogP contribution in [0.2, 0.25) is 0 Å². The maximum absolute atomic E-state index is 13.2. The first-order chi connectivity index (χ1) is 16.9. The molecule has 1 heterocycles. The zero-order valence-corrected chi connectivity index (χ0v) is 20.7. The number of quaternary nitrogens is 1. The topological polar surface area (TPSA) is 162 Å². The smallest absolute Gasteiger partial charge is 0.277 e. The summed E-state index contributed by atoms with van der Waals surface area (Å²) >= 11 is 0. The standard InChI is InChI=1S/C23H22N4O7S2/c1-15-7-10-18(11-8-15)36(33,34)25-26-16(2)13-17-9-12-19(14-20(17)23(26)28)35(31,32)24-21-5-3-4-6-22(21)27(29)30/h3-14,24-25,27,29H,1-2H3. The lowest BCUT2D eigenvalue weighted by molar-refractivity contribution is -0.990. The summed E-state index contributed by atoms with van der Waals surface area (Å²) < 4.78 is 54.8. The molecule has 0 amide bonds. The van der Waals surface area contributed by atoms with Crippen molar-refractivity contribution < 1.29 is 27.3 Å². The van der Waals surface area contributed by atoms with Crippen LogP contribution in [0.1, 0.15) is 11.3 Å². The third-order valence-electron chi connectivity index (χ3n) is 5.43. The molecule has 4 N–H and O–H groups in total. The molecule has 36 heavy (non-hydrogen) atoms. The van der Waals surface area contributed by atoms with Crippen molar-refractivity contribution in [3.05, 3.63) is 99.6 Å². The van der Waals surface area contributed by atoms with Crippen LogP contribution < -0.4 is 20.3 Å². The number of sulfonamides is 2. The van der Waals surface area contributed by atoms with Gasteiger partial charge in [-0.3, -0.25) is 9.52 Å². The number of benzene rings is 3. The van der Waals surface area contributed by atoms with Gasteiger partial charge in [-0.2, -0.15) is 13.6 Å². The van der Waals surface area contributed by atoms with Gasteiger partial charge in [-0.05, 0) is 55.6 Å². The van der Waals surface area contributed by atoms with E-state index in [0.717, 1.165) is 16.3 Å². The van der Waals surface area contributed by atoms with E-state index in [-0.39, 0.29) is 32.2 Å². The van der Waals surface area contributed by atoms with Crippen LogP contribution in [0, 0.1) is 19.1 Å². The Morgan fingerprint density at radius 3 is 2.17 bits per heavy atom. The minimum absolute atomic E-state index is 0.0443. The zero-order chi connectivity index (χ0) is 26.3. The van der Waals surface area contributed by atoms with E-state index in [1.807, 2.05) is 6.92 Å². The second-order valence-corrected chi connectivity index (χ2v) is 11.4. The third kappa shape index (κ3) is 4.96. The van der Waals surface area contributed by atoms with Crippen molar-refractivity contribution in [1.29, 1.82) is 0 Å². The Balaban J connectivity index is 1.76. The number of nitrogens with zero attached hydrogens (tertiary/aromatic N) is 1. The molecule has 0 bridgehead atoms. The minimum atomic E-state index is -4.28. The van der Waals surface area contributed by atoms with E-state index >= 15 is 0 Å². The number of hydrogen-bond donors (Lipinski definition) is 4. The number of nitrogens with one attached hydrogen (secondary N) is 3. The summed E-state index contributed by atoms with van der Waals surface area (Å²) in [4.78, 5) is 15.1. The number of aromatic nitrogens is 1. The maximum atomic E-state index is 13.2. The van der Waals surface area contributed by atoms with E-state index in [1.54, 1.807) is 12.1 Å². The van der Waals surface area contributed by atoms with Crippen molar-refractivity contribution in [1.82, 2.24) is 4.68 Å². The lowest BCUT2D eigenvalue weighted by Gasteiger charge is -2.17. The molecule has 1 unspecified atom stereocenters. The lowest BCUT2D eigenvalue weighted by Crippen LogP contribution is -2.99. The molecule has 0 spiro atoms. The van der Waals surface area contributed by atoms with Crippen LogP contribution in [-0.2, 0) is 20.0 Å². The minimum Gasteiger partial charge on any atom is -0.595 e. The monoisotopic (exact) mass is 530 g/mol. The van der Waals surface area contributed by atoms with Gasteiger partial charge in [0.05, 0.1) is 15.2 Å². The average molecular weight is 531 g/mol. The highest BCUT2D eigenvalue weighted by molar-refractivity contribution is 7.93. The highest BCUT2D eigenvalue weighted by atomic mass is 32.2. The first kappa shape index (κ1) is 25.3. The molecular formula is C23H22N4O7S2. The van der Waals surface area contributed by atoms with E-state index in [4.69, 9.17) is 0 Å². The molecule has 0 aliphatic rings. The second-order valence-electron chi connectivity index (χ2n) is 8.04. The van der Waals surface area contributed by atoms with Crippen LogP contribution in [0.5, 0.6) is 0 Å². The van der Waals surface area contributed by atoms with Gasteiger partial charge in [0.2, 0.25) is 0 Å². The molecule has 3 aromatic carbocycles. The Labute approximate surface area is 206 Å². The van der Waals surface area contributed by atoms with E-state index < -0.39 is 30.8 Å². The number of para-hydroxylation sites is 2. The predicted octanol–water partition coefficient (Wildman–Crippen LogP) is 1.75. The molecule has 4 rings (SSSR count). The molecule has 11 nitrogen and oxygen atoms in total. The van der Waals surface area contributed by atoms with Crippen molar-refractivity contribution in [2.75, 3.05) is 9.55 Å². The molecule has 0 saturated carbocycles. The van der Waals surface area contributed by atoms with Crippen molar-refractivity contribution >= 4 is 42.2 Å². The Hall–Kier alpha value is -3.75. The Bertz CT molecular complexity index is 1730. The third-order valence-corrected chi connectivity index (χ3v) is 8.11. The summed E-state index contributed by atoms with van der Waals surface area (Å²) in [6.07, 6.45) is 0. The molecule has 188 valence electrons. The molecule has 13 heteroatoms. The van der Waals surface area contributed by atoms with Gasteiger partial charge in [-0.15, -0.1) is 0 Å². The normalized spacial score (nSPS) is 12.9. The van der Waals surface area contributed by atoms with Crippen LogP contribution >= 0.6 is 0 Å². The van der Waals surface area contributed by atoms with E-state index in [2.05, 4.69) is 9.55 Å². The van der Waals surface area contributed by atoms with E-state index in [9.17, 15) is 32.0 Å². The molecule has 0 aliphatic carbocycles. The van der Waals surface area contributed by atoms with Crippen LogP contribution in [-0.4, -0.2) is 26.7 Å². The highest BCUT2D eigenvalue weighted by Gasteiger charge is 2.21. The quantitative estimate of drug-likeness (QED) is 0.265. The number of anilines is 1. The average Bonchev–Trinajstić information content (AvgIpc) is 2.82. The van der Waals surface area contributed by atoms with Gasteiger partial charge >= 0.3 is 0 Å². The van der Waals surface area contributed by atoms with Gasteiger partial charge in [-0.1, -0.05) is 35.9 Å². The molecule has 1 atom stereocenters. The molecule has 0 fully saturated rings. The van der Waals surface area contributed by atoms with Crippen molar-refractivity contribution in [3.8, 4) is 0 Å². The first-order valence-corrected chi connectivity index (χ1v) is 13.5. The predicted molar refractivity (Wildman–Crippen MR) is 134 cm³/mol. The fraction of sp³-hybridized carbons (Fsp3) is 0.0870. The molecule has 0 aliphatic heterocycles. The summed E-state index contributed by atoms with van der Waals surface area (Å²) in [6.45, 7) is 3.34. The summed E-state index contributed by atoms with van der Waals surface area (Å²) in [5.41, 5.74) is -0.0139. The van der Waals surface area contributed by atoms with E-state index in [1.165, 1.54) is 61.5 Å². The largest absolute Gasteiger partial charge is 0.595 e.